The second-order valence-corrected chi connectivity index (χ2v) is 5.62. The maximum Gasteiger partial charge on any atom is 2.00 e. The molecule has 19 heavy (non-hydrogen) atoms. The van der Waals surface area contributed by atoms with Gasteiger partial charge in [0.25, 0.3) is 20.2 Å². The average Bonchev–Trinajstić information content (AvgIpc) is 1.92. The largest absolute Gasteiger partial charge is 2.00 e. The topological polar surface area (TPSA) is 183 Å². The van der Waals surface area contributed by atoms with Crippen molar-refractivity contribution < 1.29 is 54.3 Å². The maximum absolute atomic E-state index is 10.5. The molecule has 0 aromatic rings. The van der Waals surface area contributed by atoms with Crippen LogP contribution in [0.15, 0.2) is 0 Å². The summed E-state index contributed by atoms with van der Waals surface area (Å²) in [5.41, 5.74) is 0. The van der Waals surface area contributed by atoms with Crippen LogP contribution in [0, 0.1) is 0 Å². The molecule has 4 N–H and O–H groups in total. The molecule has 106 valence electrons. The van der Waals surface area contributed by atoms with Crippen molar-refractivity contribution in [2.75, 3.05) is 0 Å². The summed E-state index contributed by atoms with van der Waals surface area (Å²) >= 11 is 0. The fraction of sp³-hybridized carbons (Fsp3) is 0.500. The van der Waals surface area contributed by atoms with Gasteiger partial charge in [0.1, 0.15) is 0 Å². The van der Waals surface area contributed by atoms with E-state index in [2.05, 4.69) is 0 Å². The van der Waals surface area contributed by atoms with Gasteiger partial charge in [-0.3, -0.25) is 18.7 Å². The molecule has 2 atom stereocenters. The van der Waals surface area contributed by atoms with Gasteiger partial charge in [0.2, 0.25) is 10.5 Å². The molecule has 0 bridgehead atoms. The van der Waals surface area contributed by atoms with Gasteiger partial charge >= 0.3 is 125 Å². The van der Waals surface area contributed by atoms with Crippen molar-refractivity contribution in [3.05, 3.63) is 0 Å². The molecule has 0 spiro atoms. The fourth-order valence-electron chi connectivity index (χ4n) is 0.826. The summed E-state index contributed by atoms with van der Waals surface area (Å²) in [5, 5.41) is 10.2. The van der Waals surface area contributed by atoms with Crippen LogP contribution >= 0.6 is 0 Å². The van der Waals surface area contributed by atoms with Crippen LogP contribution < -0.4 is 0 Å². The van der Waals surface area contributed by atoms with Gasteiger partial charge in [-0.05, 0) is 0 Å². The average molecular weight is 404 g/mol. The fourth-order valence-corrected chi connectivity index (χ4v) is 3.04. The summed E-state index contributed by atoms with van der Waals surface area (Å²) in [6.45, 7) is 0. The molecule has 0 radical (unpaired) electrons. The van der Waals surface area contributed by atoms with Crippen molar-refractivity contribution in [3.63, 3.8) is 0 Å². The summed E-state index contributed by atoms with van der Waals surface area (Å²) in [5.74, 6) is -4.85. The normalized spacial score (nSPS) is 13.8. The van der Waals surface area contributed by atoms with E-state index < -0.39 is 42.7 Å². The molecule has 2 unspecified atom stereocenters. The zero-order valence-electron chi connectivity index (χ0n) is 15.3. The van der Waals surface area contributed by atoms with Crippen LogP contribution in [0.1, 0.15) is 8.56 Å². The van der Waals surface area contributed by atoms with Crippen molar-refractivity contribution in [3.8, 4) is 0 Å². The first-order valence-corrected chi connectivity index (χ1v) is 6.28. The van der Waals surface area contributed by atoms with Gasteiger partial charge < -0.3 is 18.8 Å². The Morgan fingerprint density at radius 2 is 0.895 bits per heavy atom. The second-order valence-electron chi connectivity index (χ2n) is 2.55. The van der Waals surface area contributed by atoms with Gasteiger partial charge in [0, 0.05) is 0 Å². The van der Waals surface area contributed by atoms with Crippen molar-refractivity contribution in [2.45, 2.75) is 10.5 Å². The number of carboxylic acid groups (broad SMARTS) is 2. The molecule has 0 aromatic heterocycles. The number of aliphatic carboxylic acids is 2. The third-order valence-corrected chi connectivity index (χ3v) is 3.81. The van der Waals surface area contributed by atoms with E-state index in [0.29, 0.717) is 0 Å². The minimum absolute atomic E-state index is 0. The zero-order chi connectivity index (χ0) is 13.3. The van der Waals surface area contributed by atoms with Crippen LogP contribution in [0.4, 0.5) is 0 Å². The molecule has 0 saturated carbocycles. The molecule has 0 aliphatic heterocycles. The van der Waals surface area contributed by atoms with E-state index in [0.717, 1.165) is 0 Å². The zero-order valence-corrected chi connectivity index (χ0v) is 17.6. The third-order valence-electron chi connectivity index (χ3n) is 1.40. The first-order chi connectivity index (χ1) is 6.89. The first-order valence-electron chi connectivity index (χ1n) is 3.27. The van der Waals surface area contributed by atoms with E-state index in [4.69, 9.17) is 19.3 Å². The van der Waals surface area contributed by atoms with E-state index in [-0.39, 0.29) is 122 Å². The van der Waals surface area contributed by atoms with E-state index in [1.807, 2.05) is 0 Å². The molecular weight excluding hydrogens is 392 g/mol. The van der Waals surface area contributed by atoms with Crippen molar-refractivity contribution in [2.24, 2.45) is 0 Å². The molecule has 0 aliphatic carbocycles. The molecule has 0 heterocycles. The van der Waals surface area contributed by atoms with Crippen LogP contribution in [-0.4, -0.2) is 172 Å². The van der Waals surface area contributed by atoms with Crippen LogP contribution in [-0.2, 0) is 29.8 Å². The molecule has 0 aliphatic rings. The number of hydrogen-bond donors (Lipinski definition) is 4. The van der Waals surface area contributed by atoms with Gasteiger partial charge in [-0.2, -0.15) is 16.8 Å². The Morgan fingerprint density at radius 1 is 0.737 bits per heavy atom. The van der Waals surface area contributed by atoms with Gasteiger partial charge in [-0.1, -0.05) is 0 Å². The van der Waals surface area contributed by atoms with E-state index >= 15 is 0 Å². The number of hydrogen-bond acceptors (Lipinski definition) is 6. The summed E-state index contributed by atoms with van der Waals surface area (Å²) in [4.78, 5) is 20.7. The predicted octanol–water partition coefficient (Wildman–Crippen LogP) is -2.80. The number of carbonyl (C=O) groups is 2. The first kappa shape index (κ1) is 29.5. The van der Waals surface area contributed by atoms with Crippen molar-refractivity contribution >= 4 is 145 Å². The smallest absolute Gasteiger partial charge is 1.00 e. The van der Waals surface area contributed by atoms with Crippen molar-refractivity contribution in [1.29, 1.82) is 0 Å². The van der Waals surface area contributed by atoms with Gasteiger partial charge in [0.15, 0.2) is 0 Å². The second kappa shape index (κ2) is 11.1. The molecular formula is C4H12Ca3O10S2. The summed E-state index contributed by atoms with van der Waals surface area (Å²) < 4.78 is 58.8. The summed E-state index contributed by atoms with van der Waals surface area (Å²) in [7, 11) is -11.0. The van der Waals surface area contributed by atoms with Gasteiger partial charge in [-0.25, -0.2) is 0 Å². The van der Waals surface area contributed by atoms with Crippen LogP contribution in [0.2, 0.25) is 0 Å². The summed E-state index contributed by atoms with van der Waals surface area (Å²) in [6.07, 6.45) is 0. The maximum atomic E-state index is 10.5. The van der Waals surface area contributed by atoms with Crippen LogP contribution in [0.5, 0.6) is 0 Å². The number of carboxylic acids is 2. The summed E-state index contributed by atoms with van der Waals surface area (Å²) in [6, 6.07) is 0. The Labute approximate surface area is 206 Å². The Morgan fingerprint density at radius 3 is 0.947 bits per heavy atom. The predicted molar refractivity (Wildman–Crippen MR) is 69.9 cm³/mol. The molecule has 15 heteroatoms. The van der Waals surface area contributed by atoms with E-state index in [9.17, 15) is 26.4 Å². The van der Waals surface area contributed by atoms with E-state index in [1.165, 1.54) is 0 Å². The molecule has 0 aromatic carbocycles. The molecule has 0 amide bonds. The number of rotatable bonds is 5. The minimum Gasteiger partial charge on any atom is -1.00 e. The van der Waals surface area contributed by atoms with E-state index in [1.54, 1.807) is 0 Å². The van der Waals surface area contributed by atoms with Crippen molar-refractivity contribution in [1.82, 2.24) is 0 Å². The van der Waals surface area contributed by atoms with Gasteiger partial charge in [-0.15, -0.1) is 0 Å². The van der Waals surface area contributed by atoms with Crippen LogP contribution in [0.25, 0.3) is 0 Å². The third kappa shape index (κ3) is 10.0. The monoisotopic (exact) mass is 404 g/mol. The SMILES string of the molecule is O=C(O)C(C(C(=O)O)S(=O)(=O)O)S(=O)(=O)O.[Ca+2].[Ca+2].[Ca+2].[H-].[H-].[H-].[H-].[H-].[H-]. The van der Waals surface area contributed by atoms with Gasteiger partial charge in [0.05, 0.1) is 0 Å². The minimum atomic E-state index is -5.51. The Hall–Kier alpha value is 2.54. The molecule has 0 rings (SSSR count). The molecule has 10 nitrogen and oxygen atoms in total. The molecule has 0 saturated heterocycles. The Kier molecular flexibility index (Phi) is 17.3. The Balaban J connectivity index is -0.0000000312. The Bertz CT molecular complexity index is 481. The quantitative estimate of drug-likeness (QED) is 0.276. The van der Waals surface area contributed by atoms with Crippen LogP contribution in [0.3, 0.4) is 0 Å². The standard InChI is InChI=1S/C4H6O10S2.3Ca.6H/c5-3(6)1(15(9,10)11)2(4(7)8)16(12,13)14;;;;;;;;;/h1-2H,(H,5,6)(H,7,8)(H,9,10,11)(H,12,13,14);;;;;;;;;/q;3*+2;6*-1. The molecule has 0 fully saturated rings.